The molecule has 0 aliphatic rings. The molecule has 1 aromatic carbocycles. The SMILES string of the molecule is Cc1cc(C(=O)Nc2ccccc2C(=O)NCc2ccco2)c(C)s1. The zero-order chi connectivity index (χ0) is 17.8. The van der Waals surface area contributed by atoms with E-state index in [4.69, 9.17) is 4.42 Å². The summed E-state index contributed by atoms with van der Waals surface area (Å²) in [6.07, 6.45) is 1.56. The second-order valence-electron chi connectivity index (χ2n) is 5.59. The largest absolute Gasteiger partial charge is 0.467 e. The van der Waals surface area contributed by atoms with E-state index in [0.29, 0.717) is 22.6 Å². The van der Waals surface area contributed by atoms with Gasteiger partial charge in [0.05, 0.1) is 29.6 Å². The summed E-state index contributed by atoms with van der Waals surface area (Å²) >= 11 is 1.57. The Morgan fingerprint density at radius 1 is 1.04 bits per heavy atom. The fourth-order valence-electron chi connectivity index (χ4n) is 2.51. The van der Waals surface area contributed by atoms with Crippen LogP contribution in [0.3, 0.4) is 0 Å². The van der Waals surface area contributed by atoms with Crippen LogP contribution < -0.4 is 10.6 Å². The molecule has 0 fully saturated rings. The summed E-state index contributed by atoms with van der Waals surface area (Å²) in [5.74, 6) is 0.179. The van der Waals surface area contributed by atoms with Gasteiger partial charge in [0.1, 0.15) is 5.76 Å². The maximum atomic E-state index is 12.5. The van der Waals surface area contributed by atoms with Gasteiger partial charge in [-0.25, -0.2) is 0 Å². The Bertz CT molecular complexity index is 897. The number of carbonyl (C=O) groups excluding carboxylic acids is 2. The normalized spacial score (nSPS) is 10.5. The molecule has 2 N–H and O–H groups in total. The van der Waals surface area contributed by atoms with E-state index < -0.39 is 0 Å². The van der Waals surface area contributed by atoms with E-state index in [1.54, 1.807) is 54.0 Å². The van der Waals surface area contributed by atoms with Crippen molar-refractivity contribution in [2.75, 3.05) is 5.32 Å². The molecule has 25 heavy (non-hydrogen) atoms. The molecule has 0 aliphatic carbocycles. The van der Waals surface area contributed by atoms with Gasteiger partial charge in [-0.3, -0.25) is 9.59 Å². The van der Waals surface area contributed by atoms with Crippen LogP contribution in [0.2, 0.25) is 0 Å². The van der Waals surface area contributed by atoms with Crippen molar-refractivity contribution < 1.29 is 14.0 Å². The third-order valence-corrected chi connectivity index (χ3v) is 4.67. The van der Waals surface area contributed by atoms with Gasteiger partial charge in [-0.2, -0.15) is 0 Å². The van der Waals surface area contributed by atoms with Crippen molar-refractivity contribution in [3.8, 4) is 0 Å². The number of hydrogen-bond donors (Lipinski definition) is 2. The first-order valence-corrected chi connectivity index (χ1v) is 8.64. The number of rotatable bonds is 5. The molecule has 0 unspecified atom stereocenters. The first kappa shape index (κ1) is 17.0. The smallest absolute Gasteiger partial charge is 0.256 e. The van der Waals surface area contributed by atoms with E-state index in [0.717, 1.165) is 9.75 Å². The van der Waals surface area contributed by atoms with Gasteiger partial charge in [0.2, 0.25) is 0 Å². The summed E-state index contributed by atoms with van der Waals surface area (Å²) < 4.78 is 5.20. The molecule has 0 radical (unpaired) electrons. The van der Waals surface area contributed by atoms with E-state index in [1.165, 1.54) is 0 Å². The van der Waals surface area contributed by atoms with Crippen molar-refractivity contribution >= 4 is 28.8 Å². The predicted octanol–water partition coefficient (Wildman–Crippen LogP) is 4.14. The van der Waals surface area contributed by atoms with Crippen LogP contribution in [0.25, 0.3) is 0 Å². The van der Waals surface area contributed by atoms with E-state index in [-0.39, 0.29) is 18.4 Å². The van der Waals surface area contributed by atoms with E-state index in [1.807, 2.05) is 19.9 Å². The van der Waals surface area contributed by atoms with E-state index in [9.17, 15) is 9.59 Å². The highest BCUT2D eigenvalue weighted by Crippen LogP contribution is 2.23. The number of hydrogen-bond acceptors (Lipinski definition) is 4. The molecule has 2 heterocycles. The first-order chi connectivity index (χ1) is 12.0. The summed E-state index contributed by atoms with van der Waals surface area (Å²) in [5.41, 5.74) is 1.52. The summed E-state index contributed by atoms with van der Waals surface area (Å²) in [5, 5.41) is 5.63. The van der Waals surface area contributed by atoms with Crippen molar-refractivity contribution in [2.45, 2.75) is 20.4 Å². The van der Waals surface area contributed by atoms with Gasteiger partial charge in [0, 0.05) is 9.75 Å². The van der Waals surface area contributed by atoms with Crippen LogP contribution >= 0.6 is 11.3 Å². The Balaban J connectivity index is 1.75. The van der Waals surface area contributed by atoms with Crippen LogP contribution in [-0.4, -0.2) is 11.8 Å². The molecule has 2 amide bonds. The number of thiophene rings is 1. The van der Waals surface area contributed by atoms with Crippen LogP contribution in [-0.2, 0) is 6.54 Å². The lowest BCUT2D eigenvalue weighted by Gasteiger charge is -2.11. The first-order valence-electron chi connectivity index (χ1n) is 7.82. The number of anilines is 1. The van der Waals surface area contributed by atoms with Crippen molar-refractivity contribution in [2.24, 2.45) is 0 Å². The minimum Gasteiger partial charge on any atom is -0.467 e. The maximum Gasteiger partial charge on any atom is 0.256 e. The number of amides is 2. The van der Waals surface area contributed by atoms with Crippen LogP contribution in [0.4, 0.5) is 5.69 Å². The van der Waals surface area contributed by atoms with Gasteiger partial charge in [0.25, 0.3) is 11.8 Å². The molecule has 6 heteroatoms. The molecule has 0 saturated heterocycles. The number of carbonyl (C=O) groups is 2. The zero-order valence-electron chi connectivity index (χ0n) is 14.0. The van der Waals surface area contributed by atoms with Crippen molar-refractivity contribution in [3.05, 3.63) is 75.4 Å². The van der Waals surface area contributed by atoms with Gasteiger partial charge in [-0.15, -0.1) is 11.3 Å². The van der Waals surface area contributed by atoms with Crippen LogP contribution in [0.15, 0.2) is 53.1 Å². The highest BCUT2D eigenvalue weighted by Gasteiger charge is 2.16. The number of nitrogens with one attached hydrogen (secondary N) is 2. The Hall–Kier alpha value is -2.86. The van der Waals surface area contributed by atoms with E-state index in [2.05, 4.69) is 10.6 Å². The minimum absolute atomic E-state index is 0.215. The standard InChI is InChI=1S/C19H18N2O3S/c1-12-10-16(13(2)25-12)19(23)21-17-8-4-3-7-15(17)18(22)20-11-14-6-5-9-24-14/h3-10H,11H2,1-2H3,(H,20,22)(H,21,23). The third kappa shape index (κ3) is 3.97. The summed E-state index contributed by atoms with van der Waals surface area (Å²) in [6.45, 7) is 4.16. The minimum atomic E-state index is -0.273. The highest BCUT2D eigenvalue weighted by molar-refractivity contribution is 7.12. The molecule has 3 aromatic rings. The Morgan fingerprint density at radius 2 is 1.84 bits per heavy atom. The second-order valence-corrected chi connectivity index (χ2v) is 7.05. The predicted molar refractivity (Wildman–Crippen MR) is 98.1 cm³/mol. The fourth-order valence-corrected chi connectivity index (χ4v) is 3.43. The molecule has 3 rings (SSSR count). The number of para-hydroxylation sites is 1. The molecular weight excluding hydrogens is 336 g/mol. The van der Waals surface area contributed by atoms with Crippen molar-refractivity contribution in [1.82, 2.24) is 5.32 Å². The number of aryl methyl sites for hydroxylation is 2. The maximum absolute atomic E-state index is 12.5. The lowest BCUT2D eigenvalue weighted by molar-refractivity contribution is 0.0949. The van der Waals surface area contributed by atoms with Crippen molar-refractivity contribution in [1.29, 1.82) is 0 Å². The molecule has 2 aromatic heterocycles. The molecule has 0 atom stereocenters. The van der Waals surface area contributed by atoms with Gasteiger partial charge < -0.3 is 15.1 Å². The topological polar surface area (TPSA) is 71.3 Å². The molecule has 0 spiro atoms. The molecule has 0 bridgehead atoms. The van der Waals surface area contributed by atoms with Crippen LogP contribution in [0.5, 0.6) is 0 Å². The zero-order valence-corrected chi connectivity index (χ0v) is 14.8. The molecule has 5 nitrogen and oxygen atoms in total. The van der Waals surface area contributed by atoms with Gasteiger partial charge in [-0.05, 0) is 44.2 Å². The van der Waals surface area contributed by atoms with Gasteiger partial charge in [-0.1, -0.05) is 12.1 Å². The molecule has 0 saturated carbocycles. The lowest BCUT2D eigenvalue weighted by atomic mass is 10.1. The van der Waals surface area contributed by atoms with E-state index >= 15 is 0 Å². The Labute approximate surface area is 149 Å². The second kappa shape index (κ2) is 7.36. The average Bonchev–Trinajstić information content (AvgIpc) is 3.22. The molecule has 0 aliphatic heterocycles. The Morgan fingerprint density at radius 3 is 2.52 bits per heavy atom. The fraction of sp³-hybridized carbons (Fsp3) is 0.158. The Kier molecular flexibility index (Phi) is 5.00. The molecule has 128 valence electrons. The monoisotopic (exact) mass is 354 g/mol. The summed E-state index contributed by atoms with van der Waals surface area (Å²) in [7, 11) is 0. The molecular formula is C19H18N2O3S. The third-order valence-electron chi connectivity index (χ3n) is 3.71. The van der Waals surface area contributed by atoms with Gasteiger partial charge >= 0.3 is 0 Å². The average molecular weight is 354 g/mol. The van der Waals surface area contributed by atoms with Gasteiger partial charge in [0.15, 0.2) is 0 Å². The summed E-state index contributed by atoms with van der Waals surface area (Å²) in [4.78, 5) is 27.0. The quantitative estimate of drug-likeness (QED) is 0.723. The highest BCUT2D eigenvalue weighted by atomic mass is 32.1. The van der Waals surface area contributed by atoms with Crippen LogP contribution in [0, 0.1) is 13.8 Å². The summed E-state index contributed by atoms with van der Waals surface area (Å²) in [6, 6.07) is 12.3. The van der Waals surface area contributed by atoms with Crippen molar-refractivity contribution in [3.63, 3.8) is 0 Å². The number of benzene rings is 1. The lowest BCUT2D eigenvalue weighted by Crippen LogP contribution is -2.24. The number of furan rings is 1. The van der Waals surface area contributed by atoms with Crippen LogP contribution in [0.1, 0.15) is 36.2 Å².